The van der Waals surface area contributed by atoms with E-state index in [4.69, 9.17) is 10.00 Å². The third kappa shape index (κ3) is 2.85. The second-order valence-electron chi connectivity index (χ2n) is 4.07. The second-order valence-corrected chi connectivity index (χ2v) is 4.07. The lowest BCUT2D eigenvalue weighted by Gasteiger charge is -2.07. The fourth-order valence-electron chi connectivity index (χ4n) is 1.76. The van der Waals surface area contributed by atoms with Crippen molar-refractivity contribution in [3.8, 4) is 17.6 Å². The summed E-state index contributed by atoms with van der Waals surface area (Å²) in [5, 5.41) is 8.81. The fraction of sp³-hybridized carbons (Fsp3) is 0.133. The van der Waals surface area contributed by atoms with Crippen LogP contribution in [-0.2, 0) is 0 Å². The molecule has 0 amide bonds. The van der Waals surface area contributed by atoms with E-state index in [-0.39, 0.29) is 0 Å². The maximum atomic E-state index is 8.81. The summed E-state index contributed by atoms with van der Waals surface area (Å²) in [5.41, 5.74) is 2.93. The van der Waals surface area contributed by atoms with Gasteiger partial charge in [0.2, 0.25) is 0 Å². The van der Waals surface area contributed by atoms with Gasteiger partial charge in [0.05, 0.1) is 11.6 Å². The Bertz CT molecular complexity index is 561. The molecule has 0 unspecified atom stereocenters. The lowest BCUT2D eigenvalue weighted by molar-refractivity contribution is 0.481. The van der Waals surface area contributed by atoms with Crippen molar-refractivity contribution < 1.29 is 4.74 Å². The van der Waals surface area contributed by atoms with Crippen molar-refractivity contribution in [1.82, 2.24) is 0 Å². The van der Waals surface area contributed by atoms with Gasteiger partial charge in [-0.15, -0.1) is 0 Å². The Morgan fingerprint density at radius 1 is 0.941 bits per heavy atom. The van der Waals surface area contributed by atoms with Crippen molar-refractivity contribution in [3.05, 3.63) is 59.2 Å². The quantitative estimate of drug-likeness (QED) is 0.771. The Morgan fingerprint density at radius 2 is 1.65 bits per heavy atom. The highest BCUT2D eigenvalue weighted by atomic mass is 16.5. The van der Waals surface area contributed by atoms with Gasteiger partial charge in [-0.1, -0.05) is 12.1 Å². The molecule has 0 fully saturated rings. The van der Waals surface area contributed by atoms with Crippen molar-refractivity contribution in [3.63, 3.8) is 0 Å². The number of rotatable bonds is 2. The van der Waals surface area contributed by atoms with E-state index < -0.39 is 0 Å². The van der Waals surface area contributed by atoms with Crippen molar-refractivity contribution in [2.24, 2.45) is 0 Å². The summed E-state index contributed by atoms with van der Waals surface area (Å²) >= 11 is 0. The highest BCUT2D eigenvalue weighted by molar-refractivity contribution is 5.40. The van der Waals surface area contributed by atoms with Crippen LogP contribution < -0.4 is 4.74 Å². The Balaban J connectivity index is 2.28. The summed E-state index contributed by atoms with van der Waals surface area (Å²) in [6.45, 7) is 4.07. The number of ether oxygens (including phenoxy) is 1. The van der Waals surface area contributed by atoms with Crippen LogP contribution in [0.4, 0.5) is 0 Å². The number of hydrogen-bond donors (Lipinski definition) is 0. The smallest absolute Gasteiger partial charge is 0.128 e. The van der Waals surface area contributed by atoms with Crippen LogP contribution >= 0.6 is 0 Å². The molecule has 0 radical (unpaired) electrons. The van der Waals surface area contributed by atoms with Gasteiger partial charge in [-0.3, -0.25) is 0 Å². The van der Waals surface area contributed by atoms with Crippen LogP contribution in [0, 0.1) is 25.2 Å². The molecule has 0 saturated carbocycles. The Hall–Kier alpha value is -2.27. The van der Waals surface area contributed by atoms with Gasteiger partial charge >= 0.3 is 0 Å². The zero-order valence-electron chi connectivity index (χ0n) is 9.90. The van der Waals surface area contributed by atoms with Gasteiger partial charge in [0.1, 0.15) is 11.5 Å². The lowest BCUT2D eigenvalue weighted by Crippen LogP contribution is -1.87. The maximum absolute atomic E-state index is 8.81. The number of nitrogens with zero attached hydrogens (tertiary/aromatic N) is 1. The van der Waals surface area contributed by atoms with Crippen LogP contribution in [0.5, 0.6) is 11.5 Å². The zero-order valence-corrected chi connectivity index (χ0v) is 9.90. The average molecular weight is 223 g/mol. The third-order valence-corrected chi connectivity index (χ3v) is 2.39. The molecule has 2 nitrogen and oxygen atoms in total. The molecule has 2 aromatic rings. The molecule has 84 valence electrons. The maximum Gasteiger partial charge on any atom is 0.128 e. The Labute approximate surface area is 101 Å². The first-order valence-corrected chi connectivity index (χ1v) is 5.44. The van der Waals surface area contributed by atoms with Gasteiger partial charge < -0.3 is 4.74 Å². The van der Waals surface area contributed by atoms with Gasteiger partial charge in [-0.25, -0.2) is 0 Å². The van der Waals surface area contributed by atoms with Crippen LogP contribution in [0.15, 0.2) is 42.5 Å². The number of aryl methyl sites for hydroxylation is 2. The standard InChI is InChI=1S/C15H13NO/c1-11-6-12(2)8-15(7-11)17-14-5-3-4-13(9-14)10-16/h3-9H,1-2H3. The summed E-state index contributed by atoms with van der Waals surface area (Å²) in [7, 11) is 0. The van der Waals surface area contributed by atoms with Gasteiger partial charge in [0, 0.05) is 0 Å². The molecule has 2 aromatic carbocycles. The van der Waals surface area contributed by atoms with Crippen LogP contribution in [0.2, 0.25) is 0 Å². The topological polar surface area (TPSA) is 33.0 Å². The highest BCUT2D eigenvalue weighted by Crippen LogP contribution is 2.24. The highest BCUT2D eigenvalue weighted by Gasteiger charge is 2.00. The molecule has 0 spiro atoms. The van der Waals surface area contributed by atoms with Gasteiger partial charge in [-0.2, -0.15) is 5.26 Å². The molecular formula is C15H13NO. The lowest BCUT2D eigenvalue weighted by atomic mass is 10.1. The minimum Gasteiger partial charge on any atom is -0.457 e. The molecular weight excluding hydrogens is 210 g/mol. The van der Waals surface area contributed by atoms with E-state index in [1.807, 2.05) is 38.1 Å². The van der Waals surface area contributed by atoms with E-state index in [9.17, 15) is 0 Å². The summed E-state index contributed by atoms with van der Waals surface area (Å²) in [4.78, 5) is 0. The molecule has 0 aliphatic heterocycles. The third-order valence-electron chi connectivity index (χ3n) is 2.39. The molecule has 0 N–H and O–H groups in total. The van der Waals surface area contributed by atoms with Crippen molar-refractivity contribution in [2.75, 3.05) is 0 Å². The van der Waals surface area contributed by atoms with E-state index in [1.54, 1.807) is 12.1 Å². The summed E-state index contributed by atoms with van der Waals surface area (Å²) in [5.74, 6) is 1.49. The van der Waals surface area contributed by atoms with Gasteiger partial charge in [0.25, 0.3) is 0 Å². The molecule has 2 rings (SSSR count). The molecule has 0 aliphatic carbocycles. The van der Waals surface area contributed by atoms with E-state index in [2.05, 4.69) is 12.1 Å². The minimum absolute atomic E-state index is 0.604. The molecule has 17 heavy (non-hydrogen) atoms. The largest absolute Gasteiger partial charge is 0.457 e. The zero-order chi connectivity index (χ0) is 12.3. The van der Waals surface area contributed by atoms with Crippen molar-refractivity contribution >= 4 is 0 Å². The van der Waals surface area contributed by atoms with Crippen LogP contribution in [0.3, 0.4) is 0 Å². The van der Waals surface area contributed by atoms with E-state index in [0.29, 0.717) is 11.3 Å². The van der Waals surface area contributed by atoms with E-state index in [0.717, 1.165) is 16.9 Å². The first-order valence-electron chi connectivity index (χ1n) is 5.44. The van der Waals surface area contributed by atoms with Gasteiger partial charge in [0.15, 0.2) is 0 Å². The number of hydrogen-bond acceptors (Lipinski definition) is 2. The Kier molecular flexibility index (Phi) is 3.11. The molecule has 0 aromatic heterocycles. The molecule has 0 saturated heterocycles. The average Bonchev–Trinajstić information content (AvgIpc) is 2.28. The van der Waals surface area contributed by atoms with E-state index in [1.165, 1.54) is 0 Å². The molecule has 0 bridgehead atoms. The summed E-state index contributed by atoms with van der Waals surface area (Å²) in [6, 6.07) is 15.3. The molecule has 0 aliphatic rings. The number of nitriles is 1. The first-order chi connectivity index (χ1) is 8.17. The van der Waals surface area contributed by atoms with Crippen LogP contribution in [0.25, 0.3) is 0 Å². The normalized spacial score (nSPS) is 9.71. The van der Waals surface area contributed by atoms with Crippen molar-refractivity contribution in [2.45, 2.75) is 13.8 Å². The van der Waals surface area contributed by atoms with Gasteiger partial charge in [-0.05, 0) is 55.3 Å². The fourth-order valence-corrected chi connectivity index (χ4v) is 1.76. The predicted octanol–water partition coefficient (Wildman–Crippen LogP) is 3.97. The monoisotopic (exact) mass is 223 g/mol. The number of benzene rings is 2. The Morgan fingerprint density at radius 3 is 2.29 bits per heavy atom. The minimum atomic E-state index is 0.604. The van der Waals surface area contributed by atoms with Crippen LogP contribution in [0.1, 0.15) is 16.7 Å². The van der Waals surface area contributed by atoms with Crippen LogP contribution in [-0.4, -0.2) is 0 Å². The first kappa shape index (κ1) is 11.2. The molecule has 0 atom stereocenters. The summed E-state index contributed by atoms with van der Waals surface area (Å²) < 4.78 is 5.73. The van der Waals surface area contributed by atoms with Crippen molar-refractivity contribution in [1.29, 1.82) is 5.26 Å². The van der Waals surface area contributed by atoms with E-state index >= 15 is 0 Å². The predicted molar refractivity (Wildman–Crippen MR) is 67.1 cm³/mol. The molecule has 2 heteroatoms. The second kappa shape index (κ2) is 4.71. The SMILES string of the molecule is Cc1cc(C)cc(Oc2cccc(C#N)c2)c1. The molecule has 0 heterocycles. The summed E-state index contributed by atoms with van der Waals surface area (Å²) in [6.07, 6.45) is 0.